The van der Waals surface area contributed by atoms with Gasteiger partial charge >= 0.3 is 5.97 Å². The number of hydrogen-bond donors (Lipinski definition) is 1. The third-order valence-electron chi connectivity index (χ3n) is 5.28. The fourth-order valence-electron chi connectivity index (χ4n) is 3.74. The van der Waals surface area contributed by atoms with Gasteiger partial charge in [-0.25, -0.2) is 0 Å². The van der Waals surface area contributed by atoms with Crippen LogP contribution in [-0.4, -0.2) is 31.1 Å². The molecule has 0 spiro atoms. The third-order valence-corrected chi connectivity index (χ3v) is 5.53. The average molecular weight is 439 g/mol. The molecule has 0 bridgehead atoms. The molecule has 0 saturated heterocycles. The van der Waals surface area contributed by atoms with Crippen LogP contribution in [0.1, 0.15) is 39.4 Å². The maximum Gasteiger partial charge on any atom is 0.312 e. The standard InChI is InChI=1S/C24H19ClO6/c1-29-18-9-5-14(11-20(18)30-2)17-12-21(26)31-19-10-8-16(24(28)22(17)19)23(27)13-3-6-15(25)7-4-13/h3-11,17,28H,12H2,1-2H3/t17-/m1/s1. The number of hydrogen-bond acceptors (Lipinski definition) is 6. The molecule has 1 N–H and O–H groups in total. The summed E-state index contributed by atoms with van der Waals surface area (Å²) in [6.07, 6.45) is 0.00856. The smallest absolute Gasteiger partial charge is 0.312 e. The number of phenolic OH excluding ortho intramolecular Hbond substituents is 1. The third kappa shape index (κ3) is 3.82. The number of carbonyl (C=O) groups excluding carboxylic acids is 2. The molecular formula is C24H19ClO6. The minimum Gasteiger partial charge on any atom is -0.507 e. The molecule has 3 aromatic rings. The average Bonchev–Trinajstić information content (AvgIpc) is 2.78. The van der Waals surface area contributed by atoms with E-state index in [-0.39, 0.29) is 29.3 Å². The van der Waals surface area contributed by atoms with Crippen molar-refractivity contribution in [2.24, 2.45) is 0 Å². The maximum absolute atomic E-state index is 13.0. The minimum absolute atomic E-state index is 0.00856. The zero-order valence-electron chi connectivity index (χ0n) is 16.8. The molecule has 7 heteroatoms. The molecule has 6 nitrogen and oxygen atoms in total. The largest absolute Gasteiger partial charge is 0.507 e. The molecule has 1 aliphatic rings. The van der Waals surface area contributed by atoms with Gasteiger partial charge in [-0.1, -0.05) is 17.7 Å². The van der Waals surface area contributed by atoms with E-state index in [0.29, 0.717) is 27.6 Å². The number of benzene rings is 3. The monoisotopic (exact) mass is 438 g/mol. The predicted octanol–water partition coefficient (Wildman–Crippen LogP) is 4.73. The fourth-order valence-corrected chi connectivity index (χ4v) is 3.87. The first-order valence-corrected chi connectivity index (χ1v) is 9.89. The Balaban J connectivity index is 1.82. The van der Waals surface area contributed by atoms with Crippen LogP contribution in [0.5, 0.6) is 23.0 Å². The van der Waals surface area contributed by atoms with Gasteiger partial charge in [0.05, 0.1) is 26.2 Å². The van der Waals surface area contributed by atoms with Crippen LogP contribution < -0.4 is 14.2 Å². The first-order valence-electron chi connectivity index (χ1n) is 9.51. The molecule has 31 heavy (non-hydrogen) atoms. The van der Waals surface area contributed by atoms with E-state index in [4.69, 9.17) is 25.8 Å². The van der Waals surface area contributed by atoms with Gasteiger partial charge in [-0.05, 0) is 54.1 Å². The summed E-state index contributed by atoms with van der Waals surface area (Å²) in [5.41, 5.74) is 1.60. The molecule has 1 atom stereocenters. The van der Waals surface area contributed by atoms with E-state index in [1.54, 1.807) is 42.5 Å². The Bertz CT molecular complexity index is 1170. The van der Waals surface area contributed by atoms with Gasteiger partial charge in [0.1, 0.15) is 11.5 Å². The van der Waals surface area contributed by atoms with Crippen LogP contribution in [-0.2, 0) is 4.79 Å². The van der Waals surface area contributed by atoms with Crippen molar-refractivity contribution in [3.8, 4) is 23.0 Å². The van der Waals surface area contributed by atoms with Crippen molar-refractivity contribution in [2.75, 3.05) is 14.2 Å². The van der Waals surface area contributed by atoms with Crippen molar-refractivity contribution in [1.82, 2.24) is 0 Å². The molecule has 0 aliphatic carbocycles. The summed E-state index contributed by atoms with van der Waals surface area (Å²) in [7, 11) is 3.05. The molecule has 158 valence electrons. The molecule has 0 aromatic heterocycles. The highest BCUT2D eigenvalue weighted by atomic mass is 35.5. The lowest BCUT2D eigenvalue weighted by Gasteiger charge is -2.27. The van der Waals surface area contributed by atoms with Crippen LogP contribution in [0.2, 0.25) is 5.02 Å². The molecule has 0 amide bonds. The number of ether oxygens (including phenoxy) is 3. The quantitative estimate of drug-likeness (QED) is 0.352. The Kier molecular flexibility index (Phi) is 5.57. The summed E-state index contributed by atoms with van der Waals surface area (Å²) in [6, 6.07) is 14.7. The van der Waals surface area contributed by atoms with Crippen molar-refractivity contribution in [2.45, 2.75) is 12.3 Å². The van der Waals surface area contributed by atoms with Crippen LogP contribution in [0, 0.1) is 0 Å². The number of fused-ring (bicyclic) bond motifs is 1. The van der Waals surface area contributed by atoms with Crippen molar-refractivity contribution in [3.63, 3.8) is 0 Å². The lowest BCUT2D eigenvalue weighted by Crippen LogP contribution is -2.22. The highest BCUT2D eigenvalue weighted by Crippen LogP contribution is 2.46. The van der Waals surface area contributed by atoms with Crippen LogP contribution in [0.15, 0.2) is 54.6 Å². The van der Waals surface area contributed by atoms with Crippen LogP contribution in [0.3, 0.4) is 0 Å². The molecular weight excluding hydrogens is 420 g/mol. The Morgan fingerprint density at radius 3 is 2.42 bits per heavy atom. The number of rotatable bonds is 5. The maximum atomic E-state index is 13.0. The van der Waals surface area contributed by atoms with E-state index in [1.165, 1.54) is 26.4 Å². The fraction of sp³-hybridized carbons (Fsp3) is 0.167. The second-order valence-corrected chi connectivity index (χ2v) is 7.49. The highest BCUT2D eigenvalue weighted by Gasteiger charge is 2.34. The van der Waals surface area contributed by atoms with Gasteiger partial charge in [0, 0.05) is 22.1 Å². The zero-order valence-corrected chi connectivity index (χ0v) is 17.6. The Morgan fingerprint density at radius 1 is 1.03 bits per heavy atom. The Hall–Kier alpha value is -3.51. The van der Waals surface area contributed by atoms with Gasteiger partial charge in [-0.3, -0.25) is 9.59 Å². The van der Waals surface area contributed by atoms with Crippen LogP contribution in [0.4, 0.5) is 0 Å². The lowest BCUT2D eigenvalue weighted by atomic mass is 9.84. The van der Waals surface area contributed by atoms with Gasteiger partial charge < -0.3 is 19.3 Å². The number of carbonyl (C=O) groups is 2. The lowest BCUT2D eigenvalue weighted by molar-refractivity contribution is -0.135. The van der Waals surface area contributed by atoms with Crippen LogP contribution >= 0.6 is 11.6 Å². The normalized spacial score (nSPS) is 15.1. The predicted molar refractivity (Wildman–Crippen MR) is 115 cm³/mol. The molecule has 0 saturated carbocycles. The number of ketones is 1. The van der Waals surface area contributed by atoms with Crippen molar-refractivity contribution in [1.29, 1.82) is 0 Å². The van der Waals surface area contributed by atoms with E-state index in [9.17, 15) is 14.7 Å². The molecule has 0 fully saturated rings. The van der Waals surface area contributed by atoms with Crippen molar-refractivity contribution < 1.29 is 28.9 Å². The van der Waals surface area contributed by atoms with Gasteiger partial charge in [0.25, 0.3) is 0 Å². The molecule has 0 unspecified atom stereocenters. The van der Waals surface area contributed by atoms with Crippen molar-refractivity contribution >= 4 is 23.4 Å². The number of methoxy groups -OCH3 is 2. The summed E-state index contributed by atoms with van der Waals surface area (Å²) in [5, 5.41) is 11.6. The first kappa shape index (κ1) is 20.8. The van der Waals surface area contributed by atoms with Gasteiger partial charge in [0.15, 0.2) is 17.3 Å². The summed E-state index contributed by atoms with van der Waals surface area (Å²) in [4.78, 5) is 25.2. The Morgan fingerprint density at radius 2 is 1.74 bits per heavy atom. The van der Waals surface area contributed by atoms with Gasteiger partial charge in [-0.15, -0.1) is 0 Å². The van der Waals surface area contributed by atoms with Gasteiger partial charge in [-0.2, -0.15) is 0 Å². The molecule has 1 aliphatic heterocycles. The summed E-state index contributed by atoms with van der Waals surface area (Å²) in [5.74, 6) is -0.266. The molecule has 4 rings (SSSR count). The van der Waals surface area contributed by atoms with E-state index < -0.39 is 11.9 Å². The number of halogens is 1. The molecule has 1 heterocycles. The minimum atomic E-state index is -0.519. The topological polar surface area (TPSA) is 82.1 Å². The number of aromatic hydroxyl groups is 1. The number of phenols is 1. The van der Waals surface area contributed by atoms with Gasteiger partial charge in [0.2, 0.25) is 0 Å². The summed E-state index contributed by atoms with van der Waals surface area (Å²) in [6.45, 7) is 0. The molecule has 3 aromatic carbocycles. The first-order chi connectivity index (χ1) is 14.9. The SMILES string of the molecule is COc1ccc([C@H]2CC(=O)Oc3ccc(C(=O)c4ccc(Cl)cc4)c(O)c32)cc1OC. The van der Waals surface area contributed by atoms with E-state index in [0.717, 1.165) is 5.56 Å². The Labute approximate surface area is 183 Å². The summed E-state index contributed by atoms with van der Waals surface area (Å²) >= 11 is 5.91. The molecule has 0 radical (unpaired) electrons. The zero-order chi connectivity index (χ0) is 22.1. The second kappa shape index (κ2) is 8.32. The van der Waals surface area contributed by atoms with Crippen LogP contribution in [0.25, 0.3) is 0 Å². The van der Waals surface area contributed by atoms with Crippen molar-refractivity contribution in [3.05, 3.63) is 81.9 Å². The van der Waals surface area contributed by atoms with E-state index in [1.807, 2.05) is 0 Å². The van der Waals surface area contributed by atoms with E-state index >= 15 is 0 Å². The summed E-state index contributed by atoms with van der Waals surface area (Å²) < 4.78 is 16.0. The number of esters is 1. The second-order valence-electron chi connectivity index (χ2n) is 7.05. The highest BCUT2D eigenvalue weighted by molar-refractivity contribution is 6.30. The van der Waals surface area contributed by atoms with E-state index in [2.05, 4.69) is 0 Å².